The zero-order valence-corrected chi connectivity index (χ0v) is 12.1. The molecule has 106 valence electrons. The lowest BCUT2D eigenvalue weighted by Gasteiger charge is -2.24. The summed E-state index contributed by atoms with van der Waals surface area (Å²) in [6.07, 6.45) is 1.40. The van der Waals surface area contributed by atoms with Gasteiger partial charge in [0.1, 0.15) is 11.3 Å². The van der Waals surface area contributed by atoms with Crippen LogP contribution in [0.1, 0.15) is 34.6 Å². The van der Waals surface area contributed by atoms with Gasteiger partial charge in [-0.05, 0) is 37.7 Å². The summed E-state index contributed by atoms with van der Waals surface area (Å²) in [6.45, 7) is 2.48. The second-order valence-corrected chi connectivity index (χ2v) is 5.14. The average molecular weight is 294 g/mol. The Morgan fingerprint density at radius 3 is 2.60 bits per heavy atom. The normalized spacial score (nSPS) is 12.6. The van der Waals surface area contributed by atoms with E-state index in [-0.39, 0.29) is 11.6 Å². The smallest absolute Gasteiger partial charge is 0.339 e. The highest BCUT2D eigenvalue weighted by Crippen LogP contribution is 2.23. The van der Waals surface area contributed by atoms with Crippen LogP contribution in [-0.4, -0.2) is 23.0 Å². The molecule has 0 radical (unpaired) electrons. The van der Waals surface area contributed by atoms with E-state index >= 15 is 0 Å². The van der Waals surface area contributed by atoms with E-state index < -0.39 is 5.97 Å². The number of rotatable bonds is 5. The molecule has 1 heterocycles. The number of halogens is 1. The van der Waals surface area contributed by atoms with Crippen molar-refractivity contribution in [2.24, 2.45) is 0 Å². The quantitative estimate of drug-likeness (QED) is 0.910. The number of nitrogens with zero attached hydrogens (tertiary/aromatic N) is 1. The van der Waals surface area contributed by atoms with Gasteiger partial charge in [-0.3, -0.25) is 4.90 Å². The third-order valence-electron chi connectivity index (χ3n) is 3.38. The fourth-order valence-corrected chi connectivity index (χ4v) is 2.14. The molecule has 1 N–H and O–H groups in total. The van der Waals surface area contributed by atoms with Gasteiger partial charge in [-0.2, -0.15) is 0 Å². The monoisotopic (exact) mass is 293 g/mol. The Hall–Kier alpha value is -1.78. The summed E-state index contributed by atoms with van der Waals surface area (Å²) in [7, 11) is 1.92. The first-order chi connectivity index (χ1) is 9.49. The zero-order chi connectivity index (χ0) is 14.7. The van der Waals surface area contributed by atoms with Crippen LogP contribution in [0.15, 0.2) is 41.0 Å². The average Bonchev–Trinajstić information content (AvgIpc) is 2.87. The molecule has 0 fully saturated rings. The zero-order valence-electron chi connectivity index (χ0n) is 11.3. The molecule has 2 rings (SSSR count). The predicted octanol–water partition coefficient (Wildman–Crippen LogP) is 3.82. The molecule has 5 heteroatoms. The lowest BCUT2D eigenvalue weighted by molar-refractivity contribution is 0.0692. The minimum absolute atomic E-state index is 0.124. The summed E-state index contributed by atoms with van der Waals surface area (Å²) < 4.78 is 5.26. The van der Waals surface area contributed by atoms with Crippen LogP contribution >= 0.6 is 11.6 Å². The number of carboxylic acid groups (broad SMARTS) is 1. The molecule has 0 spiro atoms. The lowest BCUT2D eigenvalue weighted by atomic mass is 10.1. The maximum Gasteiger partial charge on any atom is 0.339 e. The molecule has 0 aliphatic rings. The molecule has 4 nitrogen and oxygen atoms in total. The Labute approximate surface area is 122 Å². The minimum atomic E-state index is -0.971. The van der Waals surface area contributed by atoms with Gasteiger partial charge in [0, 0.05) is 11.1 Å². The Morgan fingerprint density at radius 2 is 2.00 bits per heavy atom. The third kappa shape index (κ3) is 3.21. The lowest BCUT2D eigenvalue weighted by Crippen LogP contribution is -2.22. The maximum atomic E-state index is 11.0. The van der Waals surface area contributed by atoms with Crippen LogP contribution < -0.4 is 0 Å². The Morgan fingerprint density at radius 1 is 1.35 bits per heavy atom. The van der Waals surface area contributed by atoms with Crippen molar-refractivity contribution in [2.75, 3.05) is 7.05 Å². The van der Waals surface area contributed by atoms with Crippen molar-refractivity contribution in [3.63, 3.8) is 0 Å². The highest BCUT2D eigenvalue weighted by molar-refractivity contribution is 6.30. The van der Waals surface area contributed by atoms with Crippen molar-refractivity contribution >= 4 is 17.6 Å². The topological polar surface area (TPSA) is 53.7 Å². The van der Waals surface area contributed by atoms with E-state index in [4.69, 9.17) is 21.1 Å². The van der Waals surface area contributed by atoms with Gasteiger partial charge >= 0.3 is 5.97 Å². The van der Waals surface area contributed by atoms with Gasteiger partial charge in [0.15, 0.2) is 0 Å². The Bertz CT molecular complexity index is 591. The molecular weight excluding hydrogens is 278 g/mol. The molecule has 0 saturated carbocycles. The third-order valence-corrected chi connectivity index (χ3v) is 3.63. The Kier molecular flexibility index (Phi) is 4.47. The fraction of sp³-hybridized carbons (Fsp3) is 0.267. The molecule has 1 unspecified atom stereocenters. The first kappa shape index (κ1) is 14.6. The fourth-order valence-electron chi connectivity index (χ4n) is 2.01. The van der Waals surface area contributed by atoms with Gasteiger partial charge in [0.2, 0.25) is 0 Å². The SMILES string of the molecule is CC(c1ccc(Cl)cc1)N(C)Cc1occc1C(=O)O. The van der Waals surface area contributed by atoms with Crippen molar-refractivity contribution in [3.05, 3.63) is 58.5 Å². The van der Waals surface area contributed by atoms with E-state index in [2.05, 4.69) is 0 Å². The Balaban J connectivity index is 2.11. The summed E-state index contributed by atoms with van der Waals surface area (Å²) in [5, 5.41) is 9.76. The van der Waals surface area contributed by atoms with E-state index in [1.807, 2.05) is 43.1 Å². The summed E-state index contributed by atoms with van der Waals surface area (Å²) in [5.41, 5.74) is 1.32. The minimum Gasteiger partial charge on any atom is -0.478 e. The molecule has 1 aromatic carbocycles. The molecule has 20 heavy (non-hydrogen) atoms. The van der Waals surface area contributed by atoms with Gasteiger partial charge in [-0.25, -0.2) is 4.79 Å². The molecule has 0 bridgehead atoms. The largest absolute Gasteiger partial charge is 0.478 e. The highest BCUT2D eigenvalue weighted by Gasteiger charge is 2.18. The van der Waals surface area contributed by atoms with E-state index in [0.29, 0.717) is 17.3 Å². The molecule has 0 aliphatic carbocycles. The van der Waals surface area contributed by atoms with Crippen molar-refractivity contribution in [1.29, 1.82) is 0 Å². The second kappa shape index (κ2) is 6.11. The summed E-state index contributed by atoms with van der Waals surface area (Å²) in [6, 6.07) is 9.21. The molecule has 2 aromatic rings. The number of hydrogen-bond donors (Lipinski definition) is 1. The van der Waals surface area contributed by atoms with Crippen LogP contribution in [-0.2, 0) is 6.54 Å². The summed E-state index contributed by atoms with van der Waals surface area (Å²) in [5.74, 6) is -0.512. The van der Waals surface area contributed by atoms with Gasteiger partial charge in [0.25, 0.3) is 0 Å². The van der Waals surface area contributed by atoms with E-state index in [9.17, 15) is 4.79 Å². The van der Waals surface area contributed by atoms with Crippen LogP contribution in [0, 0.1) is 0 Å². The van der Waals surface area contributed by atoms with Crippen LogP contribution in [0.25, 0.3) is 0 Å². The van der Waals surface area contributed by atoms with Gasteiger partial charge in [-0.15, -0.1) is 0 Å². The number of hydrogen-bond acceptors (Lipinski definition) is 3. The highest BCUT2D eigenvalue weighted by atomic mass is 35.5. The molecule has 1 aromatic heterocycles. The summed E-state index contributed by atoms with van der Waals surface area (Å²) in [4.78, 5) is 13.1. The number of aromatic carboxylic acids is 1. The maximum absolute atomic E-state index is 11.0. The van der Waals surface area contributed by atoms with E-state index in [0.717, 1.165) is 5.56 Å². The van der Waals surface area contributed by atoms with E-state index in [1.165, 1.54) is 12.3 Å². The molecular formula is C15H16ClNO3. The molecule has 0 amide bonds. The van der Waals surface area contributed by atoms with Crippen molar-refractivity contribution in [2.45, 2.75) is 19.5 Å². The number of carboxylic acids is 1. The van der Waals surface area contributed by atoms with Gasteiger partial charge < -0.3 is 9.52 Å². The standard InChI is InChI=1S/C15H16ClNO3/c1-10(11-3-5-12(16)6-4-11)17(2)9-14-13(15(18)19)7-8-20-14/h3-8,10H,9H2,1-2H3,(H,18,19). The molecule has 0 aliphatic heterocycles. The predicted molar refractivity (Wildman–Crippen MR) is 77.0 cm³/mol. The number of furan rings is 1. The summed E-state index contributed by atoms with van der Waals surface area (Å²) >= 11 is 5.87. The van der Waals surface area contributed by atoms with Gasteiger partial charge in [-0.1, -0.05) is 23.7 Å². The second-order valence-electron chi connectivity index (χ2n) is 4.71. The van der Waals surface area contributed by atoms with E-state index in [1.54, 1.807) is 0 Å². The van der Waals surface area contributed by atoms with Crippen molar-refractivity contribution in [3.8, 4) is 0 Å². The first-order valence-corrected chi connectivity index (χ1v) is 6.62. The first-order valence-electron chi connectivity index (χ1n) is 6.24. The van der Waals surface area contributed by atoms with Crippen LogP contribution in [0.4, 0.5) is 0 Å². The van der Waals surface area contributed by atoms with Gasteiger partial charge in [0.05, 0.1) is 12.8 Å². The molecule has 0 saturated heterocycles. The number of carbonyl (C=O) groups is 1. The van der Waals surface area contributed by atoms with Crippen molar-refractivity contribution in [1.82, 2.24) is 4.90 Å². The van der Waals surface area contributed by atoms with Crippen LogP contribution in [0.3, 0.4) is 0 Å². The van der Waals surface area contributed by atoms with Crippen LogP contribution in [0.2, 0.25) is 5.02 Å². The number of benzene rings is 1. The molecule has 1 atom stereocenters. The van der Waals surface area contributed by atoms with Crippen molar-refractivity contribution < 1.29 is 14.3 Å². The van der Waals surface area contributed by atoms with Crippen LogP contribution in [0.5, 0.6) is 0 Å².